The van der Waals surface area contributed by atoms with Crippen molar-refractivity contribution in [1.82, 2.24) is 9.62 Å². The summed E-state index contributed by atoms with van der Waals surface area (Å²) in [7, 11) is -0.749. The second kappa shape index (κ2) is 8.83. The second-order valence-corrected chi connectivity index (χ2v) is 8.52. The van der Waals surface area contributed by atoms with Crippen LogP contribution in [0.15, 0.2) is 23.1 Å². The molecule has 1 amide bonds. The molecule has 1 aromatic rings. The van der Waals surface area contributed by atoms with Crippen LogP contribution in [-0.4, -0.2) is 51.9 Å². The number of amides is 1. The van der Waals surface area contributed by atoms with Crippen molar-refractivity contribution in [3.05, 3.63) is 28.8 Å². The van der Waals surface area contributed by atoms with Gasteiger partial charge in [-0.3, -0.25) is 4.79 Å². The Morgan fingerprint density at radius 2 is 1.92 bits per heavy atom. The van der Waals surface area contributed by atoms with Gasteiger partial charge in [-0.25, -0.2) is 17.9 Å². The molecule has 1 saturated carbocycles. The van der Waals surface area contributed by atoms with Crippen LogP contribution in [0.25, 0.3) is 0 Å². The number of sulfonamides is 1. The molecule has 0 spiro atoms. The lowest BCUT2D eigenvalue weighted by atomic mass is 9.94. The molecule has 0 bridgehead atoms. The molecule has 1 aromatic carbocycles. The van der Waals surface area contributed by atoms with E-state index >= 15 is 0 Å². The van der Waals surface area contributed by atoms with E-state index in [2.05, 4.69) is 4.72 Å². The maximum atomic E-state index is 12.2. The van der Waals surface area contributed by atoms with Gasteiger partial charge in [0.25, 0.3) is 5.91 Å². The predicted octanol–water partition coefficient (Wildman–Crippen LogP) is 2.20. The normalized spacial score (nSPS) is 15.5. The van der Waals surface area contributed by atoms with Crippen LogP contribution >= 0.6 is 11.6 Å². The van der Waals surface area contributed by atoms with Crippen molar-refractivity contribution in [3.8, 4) is 0 Å². The van der Waals surface area contributed by atoms with Crippen molar-refractivity contribution in [2.45, 2.75) is 43.0 Å². The van der Waals surface area contributed by atoms with Crippen LogP contribution in [0.4, 0.5) is 0 Å². The number of hydrogen-bond donors (Lipinski definition) is 1. The minimum atomic E-state index is -3.72. The van der Waals surface area contributed by atoms with Gasteiger partial charge in [0.05, 0.1) is 15.5 Å². The van der Waals surface area contributed by atoms with Crippen molar-refractivity contribution < 1.29 is 22.7 Å². The summed E-state index contributed by atoms with van der Waals surface area (Å²) in [6.45, 7) is -0.412. The number of hydrogen-bond acceptors (Lipinski definition) is 5. The van der Waals surface area contributed by atoms with Crippen molar-refractivity contribution in [1.29, 1.82) is 0 Å². The van der Waals surface area contributed by atoms with Crippen molar-refractivity contribution in [2.75, 3.05) is 20.7 Å². The molecule has 1 aliphatic carbocycles. The van der Waals surface area contributed by atoms with Gasteiger partial charge in [0.15, 0.2) is 6.61 Å². The van der Waals surface area contributed by atoms with Gasteiger partial charge < -0.3 is 9.64 Å². The SMILES string of the molecule is CNS(=O)(=O)c1ccc(Cl)c(C(=O)OCC(=O)N(C)C2CCCCC2)c1. The molecule has 0 saturated heterocycles. The van der Waals surface area contributed by atoms with E-state index in [0.717, 1.165) is 31.7 Å². The molecule has 26 heavy (non-hydrogen) atoms. The Labute approximate surface area is 158 Å². The highest BCUT2D eigenvalue weighted by Crippen LogP contribution is 2.23. The molecular weight excluding hydrogens is 380 g/mol. The minimum Gasteiger partial charge on any atom is -0.452 e. The van der Waals surface area contributed by atoms with Crippen LogP contribution in [0.1, 0.15) is 42.5 Å². The monoisotopic (exact) mass is 402 g/mol. The summed E-state index contributed by atoms with van der Waals surface area (Å²) in [5.41, 5.74) is -0.101. The van der Waals surface area contributed by atoms with Gasteiger partial charge in [-0.15, -0.1) is 0 Å². The highest BCUT2D eigenvalue weighted by molar-refractivity contribution is 7.89. The topological polar surface area (TPSA) is 92.8 Å². The molecule has 0 radical (unpaired) electrons. The van der Waals surface area contributed by atoms with Crippen LogP contribution < -0.4 is 4.72 Å². The molecule has 1 aliphatic rings. The lowest BCUT2D eigenvalue weighted by Gasteiger charge is -2.31. The van der Waals surface area contributed by atoms with Crippen LogP contribution in [-0.2, 0) is 19.6 Å². The van der Waals surface area contributed by atoms with E-state index in [4.69, 9.17) is 16.3 Å². The number of likely N-dealkylation sites (N-methyl/N-ethyl adjacent to an activating group) is 1. The Hall–Kier alpha value is -1.64. The lowest BCUT2D eigenvalue weighted by Crippen LogP contribution is -2.40. The number of nitrogens with zero attached hydrogens (tertiary/aromatic N) is 1. The molecule has 9 heteroatoms. The lowest BCUT2D eigenvalue weighted by molar-refractivity contribution is -0.135. The summed E-state index contributed by atoms with van der Waals surface area (Å²) >= 11 is 5.97. The van der Waals surface area contributed by atoms with Gasteiger partial charge in [-0.05, 0) is 38.1 Å². The van der Waals surface area contributed by atoms with Gasteiger partial charge in [0.2, 0.25) is 10.0 Å². The molecule has 0 atom stereocenters. The zero-order valence-electron chi connectivity index (χ0n) is 14.8. The Bertz CT molecular complexity index is 775. The molecule has 0 unspecified atom stereocenters. The zero-order chi connectivity index (χ0) is 19.3. The molecule has 0 aliphatic heterocycles. The first-order valence-electron chi connectivity index (χ1n) is 8.42. The summed E-state index contributed by atoms with van der Waals surface area (Å²) in [6, 6.07) is 3.89. The number of nitrogens with one attached hydrogen (secondary N) is 1. The summed E-state index contributed by atoms with van der Waals surface area (Å²) in [4.78, 5) is 26.0. The third-order valence-corrected chi connectivity index (χ3v) is 6.32. The van der Waals surface area contributed by atoms with Crippen LogP contribution in [0, 0.1) is 0 Å². The molecule has 0 heterocycles. The fourth-order valence-corrected chi connectivity index (χ4v) is 3.88. The highest BCUT2D eigenvalue weighted by Gasteiger charge is 2.24. The van der Waals surface area contributed by atoms with Crippen molar-refractivity contribution in [3.63, 3.8) is 0 Å². The number of rotatable bonds is 6. The Morgan fingerprint density at radius 1 is 1.27 bits per heavy atom. The molecule has 7 nitrogen and oxygen atoms in total. The van der Waals surface area contributed by atoms with E-state index in [1.54, 1.807) is 11.9 Å². The first-order chi connectivity index (χ1) is 12.3. The number of ether oxygens (including phenoxy) is 1. The van der Waals surface area contributed by atoms with Crippen molar-refractivity contribution in [2.24, 2.45) is 0 Å². The molecular formula is C17H23ClN2O5S. The van der Waals surface area contributed by atoms with Crippen molar-refractivity contribution >= 4 is 33.5 Å². The molecule has 0 aromatic heterocycles. The zero-order valence-corrected chi connectivity index (χ0v) is 16.4. The third-order valence-electron chi connectivity index (χ3n) is 4.58. The smallest absolute Gasteiger partial charge is 0.340 e. The van der Waals surface area contributed by atoms with E-state index in [9.17, 15) is 18.0 Å². The second-order valence-electron chi connectivity index (χ2n) is 6.22. The molecule has 1 fully saturated rings. The number of carbonyl (C=O) groups excluding carboxylic acids is 2. The number of esters is 1. The maximum absolute atomic E-state index is 12.2. The van der Waals surface area contributed by atoms with Gasteiger partial charge in [-0.2, -0.15) is 0 Å². The van der Waals surface area contributed by atoms with E-state index in [1.807, 2.05) is 0 Å². The van der Waals surface area contributed by atoms with E-state index in [-0.39, 0.29) is 27.4 Å². The van der Waals surface area contributed by atoms with Crippen LogP contribution in [0.2, 0.25) is 5.02 Å². The average Bonchev–Trinajstić information content (AvgIpc) is 2.66. The third kappa shape index (κ3) is 4.96. The molecule has 2 rings (SSSR count). The highest BCUT2D eigenvalue weighted by atomic mass is 35.5. The maximum Gasteiger partial charge on any atom is 0.340 e. The quantitative estimate of drug-likeness (QED) is 0.736. The van der Waals surface area contributed by atoms with Crippen LogP contribution in [0.5, 0.6) is 0 Å². The minimum absolute atomic E-state index is 0.0538. The summed E-state index contributed by atoms with van der Waals surface area (Å²) in [6.07, 6.45) is 5.25. The molecule has 144 valence electrons. The number of halogens is 1. The van der Waals surface area contributed by atoms with E-state index in [0.29, 0.717) is 0 Å². The standard InChI is InChI=1S/C17H23ClN2O5S/c1-19-26(23,24)13-8-9-15(18)14(10-13)17(22)25-11-16(21)20(2)12-6-4-3-5-7-12/h8-10,12,19H,3-7,11H2,1-2H3. The number of carbonyl (C=O) groups is 2. The Balaban J connectivity index is 2.03. The van der Waals surface area contributed by atoms with Gasteiger partial charge in [0, 0.05) is 13.1 Å². The van der Waals surface area contributed by atoms with E-state index in [1.165, 1.54) is 25.6 Å². The first-order valence-corrected chi connectivity index (χ1v) is 10.3. The van der Waals surface area contributed by atoms with Gasteiger partial charge >= 0.3 is 5.97 Å². The Kier molecular flexibility index (Phi) is 7.02. The van der Waals surface area contributed by atoms with Gasteiger partial charge in [-0.1, -0.05) is 30.9 Å². The largest absolute Gasteiger partial charge is 0.452 e. The molecule has 1 N–H and O–H groups in total. The first kappa shape index (κ1) is 20.7. The van der Waals surface area contributed by atoms with Gasteiger partial charge in [0.1, 0.15) is 0 Å². The summed E-state index contributed by atoms with van der Waals surface area (Å²) < 4.78 is 30.9. The average molecular weight is 403 g/mol. The van der Waals surface area contributed by atoms with E-state index < -0.39 is 22.6 Å². The Morgan fingerprint density at radius 3 is 2.54 bits per heavy atom. The van der Waals surface area contributed by atoms with Crippen LogP contribution in [0.3, 0.4) is 0 Å². The number of benzene rings is 1. The fraction of sp³-hybridized carbons (Fsp3) is 0.529. The summed E-state index contributed by atoms with van der Waals surface area (Å²) in [5.74, 6) is -1.13. The summed E-state index contributed by atoms with van der Waals surface area (Å²) in [5, 5.41) is 0.0538. The predicted molar refractivity (Wildman–Crippen MR) is 97.6 cm³/mol. The fourth-order valence-electron chi connectivity index (χ4n) is 2.92.